The lowest BCUT2D eigenvalue weighted by molar-refractivity contribution is -0.147. The van der Waals surface area contributed by atoms with Gasteiger partial charge >= 0.3 is 5.97 Å². The fraction of sp³-hybridized carbons (Fsp3) is 0.667. The maximum absolute atomic E-state index is 10.8. The third-order valence-electron chi connectivity index (χ3n) is 1.02. The molecule has 69 valence electrons. The minimum absolute atomic E-state index is 0.143. The average molecular weight is 171 g/mol. The van der Waals surface area contributed by atoms with E-state index in [0.717, 1.165) is 0 Å². The molecular formula is C9H15O3. The topological polar surface area (TPSA) is 43.4 Å². The highest BCUT2D eigenvalue weighted by molar-refractivity contribution is 5.94. The maximum Gasteiger partial charge on any atom is 0.313 e. The molecule has 0 aliphatic rings. The van der Waals surface area contributed by atoms with E-state index in [1.165, 1.54) is 6.92 Å². The minimum Gasteiger partial charge on any atom is -0.465 e. The molecule has 0 aromatic carbocycles. The fourth-order valence-corrected chi connectivity index (χ4v) is 0.530. The summed E-state index contributed by atoms with van der Waals surface area (Å²) in [5.41, 5.74) is -0.285. The molecule has 0 spiro atoms. The summed E-state index contributed by atoms with van der Waals surface area (Å²) in [6.45, 7) is 9.08. The van der Waals surface area contributed by atoms with Crippen LogP contribution in [-0.2, 0) is 14.3 Å². The molecule has 0 N–H and O–H groups in total. The number of ether oxygens (including phenoxy) is 1. The van der Waals surface area contributed by atoms with E-state index < -0.39 is 5.97 Å². The number of esters is 1. The molecule has 12 heavy (non-hydrogen) atoms. The number of ketones is 1. The molecule has 0 fully saturated rings. The Balaban J connectivity index is 3.65. The Morgan fingerprint density at radius 2 is 1.92 bits per heavy atom. The van der Waals surface area contributed by atoms with Crippen LogP contribution in [0.25, 0.3) is 0 Å². The zero-order chi connectivity index (χ0) is 9.78. The third-order valence-corrected chi connectivity index (χ3v) is 1.02. The van der Waals surface area contributed by atoms with Crippen molar-refractivity contribution in [3.63, 3.8) is 0 Å². The number of rotatable bonds is 4. The molecule has 3 nitrogen and oxygen atoms in total. The zero-order valence-corrected chi connectivity index (χ0v) is 7.85. The summed E-state index contributed by atoms with van der Waals surface area (Å²) in [5.74, 6) is -0.652. The third kappa shape index (κ3) is 7.25. The monoisotopic (exact) mass is 171 g/mol. The average Bonchev–Trinajstić information content (AvgIpc) is 1.80. The van der Waals surface area contributed by atoms with E-state index in [1.807, 2.05) is 13.8 Å². The van der Waals surface area contributed by atoms with Crippen molar-refractivity contribution in [3.05, 3.63) is 6.92 Å². The van der Waals surface area contributed by atoms with E-state index >= 15 is 0 Å². The second-order valence-electron chi connectivity index (χ2n) is 3.70. The molecule has 0 atom stereocenters. The normalized spacial score (nSPS) is 11.0. The van der Waals surface area contributed by atoms with Gasteiger partial charge in [0.05, 0.1) is 6.61 Å². The van der Waals surface area contributed by atoms with Gasteiger partial charge in [0.15, 0.2) is 0 Å². The van der Waals surface area contributed by atoms with Crippen LogP contribution in [0.4, 0.5) is 0 Å². The Morgan fingerprint density at radius 1 is 1.42 bits per heavy atom. The van der Waals surface area contributed by atoms with Crippen molar-refractivity contribution in [2.75, 3.05) is 6.61 Å². The van der Waals surface area contributed by atoms with Gasteiger partial charge in [0.25, 0.3) is 0 Å². The van der Waals surface area contributed by atoms with Gasteiger partial charge in [0.1, 0.15) is 12.2 Å². The SMILES string of the molecule is [CH2]C(C)(C)COC(=O)CC(C)=O. The summed E-state index contributed by atoms with van der Waals surface area (Å²) in [5, 5.41) is 0. The Bertz CT molecular complexity index is 177. The molecule has 0 aliphatic heterocycles. The highest BCUT2D eigenvalue weighted by Gasteiger charge is 2.14. The Morgan fingerprint density at radius 3 is 2.25 bits per heavy atom. The number of hydrogen-bond acceptors (Lipinski definition) is 3. The predicted octanol–water partition coefficient (Wildman–Crippen LogP) is 1.37. The second kappa shape index (κ2) is 4.24. The Hall–Kier alpha value is -0.860. The Labute approximate surface area is 73.1 Å². The first-order valence-corrected chi connectivity index (χ1v) is 3.82. The van der Waals surface area contributed by atoms with Crippen LogP contribution in [0.5, 0.6) is 0 Å². The molecule has 0 saturated carbocycles. The number of hydrogen-bond donors (Lipinski definition) is 0. The number of Topliss-reactive ketones (excluding diaryl/α,β-unsaturated/α-hetero) is 1. The smallest absolute Gasteiger partial charge is 0.313 e. The van der Waals surface area contributed by atoms with Gasteiger partial charge in [-0.2, -0.15) is 0 Å². The van der Waals surface area contributed by atoms with E-state index in [4.69, 9.17) is 4.74 Å². The number of carbonyl (C=O) groups excluding carboxylic acids is 2. The standard InChI is InChI=1S/C9H15O3/c1-7(10)5-8(11)12-6-9(2,3)4/h2,5-6H2,1,3-4H3. The first kappa shape index (κ1) is 11.1. The van der Waals surface area contributed by atoms with Crippen molar-refractivity contribution in [1.82, 2.24) is 0 Å². The van der Waals surface area contributed by atoms with Gasteiger partial charge in [0, 0.05) is 0 Å². The van der Waals surface area contributed by atoms with Gasteiger partial charge in [0.2, 0.25) is 0 Å². The van der Waals surface area contributed by atoms with Crippen LogP contribution >= 0.6 is 0 Å². The van der Waals surface area contributed by atoms with Gasteiger partial charge in [-0.25, -0.2) is 0 Å². The molecule has 3 heteroatoms. The van der Waals surface area contributed by atoms with Crippen LogP contribution in [0, 0.1) is 12.3 Å². The largest absolute Gasteiger partial charge is 0.465 e. The first-order valence-electron chi connectivity index (χ1n) is 3.82. The van der Waals surface area contributed by atoms with Gasteiger partial charge < -0.3 is 4.74 Å². The van der Waals surface area contributed by atoms with E-state index in [2.05, 4.69) is 6.92 Å². The molecule has 0 aromatic rings. The summed E-state index contributed by atoms with van der Waals surface area (Å²) in [6, 6.07) is 0. The number of carbonyl (C=O) groups is 2. The van der Waals surface area contributed by atoms with Crippen molar-refractivity contribution in [3.8, 4) is 0 Å². The van der Waals surface area contributed by atoms with Crippen molar-refractivity contribution < 1.29 is 14.3 Å². The molecule has 0 rings (SSSR count). The van der Waals surface area contributed by atoms with Gasteiger partial charge in [-0.15, -0.1) is 0 Å². The lowest BCUT2D eigenvalue weighted by Gasteiger charge is -2.17. The highest BCUT2D eigenvalue weighted by Crippen LogP contribution is 2.12. The molecule has 0 aromatic heterocycles. The summed E-state index contributed by atoms with van der Waals surface area (Å²) in [4.78, 5) is 21.3. The molecule has 1 radical (unpaired) electrons. The second-order valence-corrected chi connectivity index (χ2v) is 3.70. The summed E-state index contributed by atoms with van der Waals surface area (Å²) < 4.78 is 4.80. The molecule has 0 amide bonds. The van der Waals surface area contributed by atoms with Crippen molar-refractivity contribution in [1.29, 1.82) is 0 Å². The van der Waals surface area contributed by atoms with Crippen molar-refractivity contribution in [2.24, 2.45) is 5.41 Å². The summed E-state index contributed by atoms with van der Waals surface area (Å²) >= 11 is 0. The van der Waals surface area contributed by atoms with Crippen molar-refractivity contribution >= 4 is 11.8 Å². The zero-order valence-electron chi connectivity index (χ0n) is 7.85. The Kier molecular flexibility index (Phi) is 3.93. The van der Waals surface area contributed by atoms with Gasteiger partial charge in [-0.05, 0) is 19.3 Å². The first-order chi connectivity index (χ1) is 5.31. The maximum atomic E-state index is 10.8. The predicted molar refractivity (Wildman–Crippen MR) is 45.4 cm³/mol. The molecule has 0 aliphatic carbocycles. The van der Waals surface area contributed by atoms with E-state index in [9.17, 15) is 9.59 Å². The van der Waals surface area contributed by atoms with Gasteiger partial charge in [-0.3, -0.25) is 9.59 Å². The van der Waals surface area contributed by atoms with E-state index in [1.54, 1.807) is 0 Å². The molecule has 0 bridgehead atoms. The van der Waals surface area contributed by atoms with Crippen LogP contribution in [0.3, 0.4) is 0 Å². The molecule has 0 saturated heterocycles. The fourth-order valence-electron chi connectivity index (χ4n) is 0.530. The lowest BCUT2D eigenvalue weighted by atomic mass is 9.99. The van der Waals surface area contributed by atoms with Crippen LogP contribution in [0.15, 0.2) is 0 Å². The van der Waals surface area contributed by atoms with Crippen LogP contribution in [-0.4, -0.2) is 18.4 Å². The van der Waals surface area contributed by atoms with Crippen molar-refractivity contribution in [2.45, 2.75) is 27.2 Å². The molecule has 0 heterocycles. The summed E-state index contributed by atoms with van der Waals surface area (Å²) in [7, 11) is 0. The molecule has 0 unspecified atom stereocenters. The summed E-state index contributed by atoms with van der Waals surface area (Å²) in [6.07, 6.45) is -0.143. The minimum atomic E-state index is -0.473. The quantitative estimate of drug-likeness (QED) is 0.474. The lowest BCUT2D eigenvalue weighted by Crippen LogP contribution is -2.19. The van der Waals surface area contributed by atoms with Crippen LogP contribution in [0.2, 0.25) is 0 Å². The van der Waals surface area contributed by atoms with E-state index in [-0.39, 0.29) is 24.2 Å². The van der Waals surface area contributed by atoms with E-state index in [0.29, 0.717) is 0 Å². The van der Waals surface area contributed by atoms with Gasteiger partial charge in [-0.1, -0.05) is 13.8 Å². The highest BCUT2D eigenvalue weighted by atomic mass is 16.5. The van der Waals surface area contributed by atoms with Crippen LogP contribution in [0.1, 0.15) is 27.2 Å². The molecular weight excluding hydrogens is 156 g/mol. The van der Waals surface area contributed by atoms with Crippen LogP contribution < -0.4 is 0 Å².